The van der Waals surface area contributed by atoms with Gasteiger partial charge in [0, 0.05) is 12.3 Å². The predicted octanol–water partition coefficient (Wildman–Crippen LogP) is 3.67. The molecule has 0 aliphatic carbocycles. The molecule has 2 unspecified atom stereocenters. The second kappa shape index (κ2) is 8.00. The number of allylic oxidation sites excluding steroid dienone is 3. The maximum absolute atomic E-state index is 3.68. The van der Waals surface area contributed by atoms with Crippen LogP contribution in [-0.2, 0) is 6.54 Å². The van der Waals surface area contributed by atoms with E-state index >= 15 is 0 Å². The molecule has 0 bridgehead atoms. The van der Waals surface area contributed by atoms with Gasteiger partial charge in [0.05, 0.1) is 0 Å². The Balaban J connectivity index is 2.51. The molecule has 0 aliphatic rings. The summed E-state index contributed by atoms with van der Waals surface area (Å²) in [5, 5.41) is 3.47. The van der Waals surface area contributed by atoms with Crippen molar-refractivity contribution >= 4 is 9.24 Å². The van der Waals surface area contributed by atoms with Gasteiger partial charge in [-0.15, -0.1) is 9.24 Å². The van der Waals surface area contributed by atoms with Crippen LogP contribution in [0.1, 0.15) is 12.5 Å². The highest BCUT2D eigenvalue weighted by Crippen LogP contribution is 2.12. The second-order valence-electron chi connectivity index (χ2n) is 3.73. The van der Waals surface area contributed by atoms with Crippen molar-refractivity contribution in [3.63, 3.8) is 0 Å². The van der Waals surface area contributed by atoms with E-state index in [9.17, 15) is 0 Å². The van der Waals surface area contributed by atoms with Gasteiger partial charge >= 0.3 is 0 Å². The Labute approximate surface area is 107 Å². The van der Waals surface area contributed by atoms with Gasteiger partial charge in [0.15, 0.2) is 0 Å². The van der Waals surface area contributed by atoms with E-state index in [1.807, 2.05) is 19.1 Å². The van der Waals surface area contributed by atoms with Crippen molar-refractivity contribution in [2.45, 2.75) is 19.3 Å². The third-order valence-corrected chi connectivity index (χ3v) is 3.11. The van der Waals surface area contributed by atoms with E-state index in [0.29, 0.717) is 0 Å². The average Bonchev–Trinajstić information content (AvgIpc) is 2.38. The first kappa shape index (κ1) is 13.9. The summed E-state index contributed by atoms with van der Waals surface area (Å²) in [7, 11) is 2.82. The zero-order valence-corrected chi connectivity index (χ0v) is 11.4. The first-order chi connectivity index (χ1) is 8.27. The SMILES string of the molecule is C=C/C=C\C(=C/C)C(P)NCc1ccccc1. The number of hydrogen-bond acceptors (Lipinski definition) is 1. The van der Waals surface area contributed by atoms with Crippen molar-refractivity contribution in [3.05, 3.63) is 72.4 Å². The van der Waals surface area contributed by atoms with Crippen LogP contribution in [0.25, 0.3) is 0 Å². The molecule has 1 aromatic rings. The Morgan fingerprint density at radius 3 is 2.71 bits per heavy atom. The number of hydrogen-bond donors (Lipinski definition) is 1. The quantitative estimate of drug-likeness (QED) is 0.595. The minimum Gasteiger partial charge on any atom is -0.303 e. The summed E-state index contributed by atoms with van der Waals surface area (Å²) in [6.07, 6.45) is 7.92. The molecule has 0 saturated carbocycles. The van der Waals surface area contributed by atoms with E-state index in [0.717, 1.165) is 6.54 Å². The summed E-state index contributed by atoms with van der Waals surface area (Å²) >= 11 is 0. The van der Waals surface area contributed by atoms with E-state index in [-0.39, 0.29) is 5.78 Å². The zero-order chi connectivity index (χ0) is 12.5. The molecule has 0 aliphatic heterocycles. The molecule has 2 heteroatoms. The van der Waals surface area contributed by atoms with Crippen molar-refractivity contribution in [3.8, 4) is 0 Å². The van der Waals surface area contributed by atoms with E-state index < -0.39 is 0 Å². The molecule has 0 saturated heterocycles. The van der Waals surface area contributed by atoms with Crippen LogP contribution in [0.5, 0.6) is 0 Å². The summed E-state index contributed by atoms with van der Waals surface area (Å²) in [6.45, 7) is 6.59. The third-order valence-electron chi connectivity index (χ3n) is 2.49. The molecule has 2 atom stereocenters. The summed E-state index contributed by atoms with van der Waals surface area (Å²) in [6, 6.07) is 10.4. The molecule has 0 spiro atoms. The van der Waals surface area contributed by atoms with Gasteiger partial charge in [-0.1, -0.05) is 61.2 Å². The first-order valence-corrected chi connectivity index (χ1v) is 6.42. The lowest BCUT2D eigenvalue weighted by atomic mass is 10.2. The van der Waals surface area contributed by atoms with Gasteiger partial charge < -0.3 is 5.32 Å². The fourth-order valence-electron chi connectivity index (χ4n) is 1.50. The minimum atomic E-state index is 0.261. The smallest absolute Gasteiger partial charge is 0.0463 e. The Bertz CT molecular complexity index is 393. The number of benzene rings is 1. The van der Waals surface area contributed by atoms with Gasteiger partial charge in [-0.25, -0.2) is 0 Å². The molecule has 0 fully saturated rings. The van der Waals surface area contributed by atoms with Crippen LogP contribution in [0.2, 0.25) is 0 Å². The highest BCUT2D eigenvalue weighted by molar-refractivity contribution is 7.18. The third kappa shape index (κ3) is 5.12. The lowest BCUT2D eigenvalue weighted by Crippen LogP contribution is -2.23. The van der Waals surface area contributed by atoms with Gasteiger partial charge in [0.2, 0.25) is 0 Å². The van der Waals surface area contributed by atoms with Gasteiger partial charge in [0.25, 0.3) is 0 Å². The fourth-order valence-corrected chi connectivity index (χ4v) is 1.92. The average molecular weight is 245 g/mol. The normalized spacial score (nSPS) is 13.9. The number of nitrogens with one attached hydrogen (secondary N) is 1. The highest BCUT2D eigenvalue weighted by atomic mass is 31.0. The van der Waals surface area contributed by atoms with Crippen molar-refractivity contribution < 1.29 is 0 Å². The molecule has 1 nitrogen and oxygen atoms in total. The lowest BCUT2D eigenvalue weighted by molar-refractivity contribution is 0.710. The first-order valence-electron chi connectivity index (χ1n) is 5.76. The molecular weight excluding hydrogens is 225 g/mol. The predicted molar refractivity (Wildman–Crippen MR) is 79.9 cm³/mol. The Hall–Kier alpha value is -1.17. The molecule has 0 aromatic heterocycles. The van der Waals surface area contributed by atoms with E-state index in [1.54, 1.807) is 6.08 Å². The van der Waals surface area contributed by atoms with E-state index in [2.05, 4.69) is 57.6 Å². The van der Waals surface area contributed by atoms with Crippen LogP contribution in [0.15, 0.2) is 66.8 Å². The summed E-state index contributed by atoms with van der Waals surface area (Å²) in [5.74, 6) is 0.261. The molecule has 0 radical (unpaired) electrons. The van der Waals surface area contributed by atoms with Crippen molar-refractivity contribution in [2.75, 3.05) is 0 Å². The Morgan fingerprint density at radius 1 is 1.41 bits per heavy atom. The molecule has 1 aromatic carbocycles. The monoisotopic (exact) mass is 245 g/mol. The van der Waals surface area contributed by atoms with E-state index in [1.165, 1.54) is 11.1 Å². The topological polar surface area (TPSA) is 12.0 Å². The molecule has 0 heterocycles. The largest absolute Gasteiger partial charge is 0.303 e. The van der Waals surface area contributed by atoms with Crippen LogP contribution in [0.4, 0.5) is 0 Å². The molecule has 1 rings (SSSR count). The molecule has 90 valence electrons. The molecule has 17 heavy (non-hydrogen) atoms. The van der Waals surface area contributed by atoms with E-state index in [4.69, 9.17) is 0 Å². The van der Waals surface area contributed by atoms with Crippen molar-refractivity contribution in [2.24, 2.45) is 0 Å². The van der Waals surface area contributed by atoms with Crippen LogP contribution >= 0.6 is 9.24 Å². The fraction of sp³-hybridized carbons (Fsp3) is 0.200. The standard InChI is InChI=1S/C15H20NP/c1-3-5-11-14(4-2)15(17)16-12-13-9-7-6-8-10-13/h3-11,15-16H,1,12,17H2,2H3/b11-5-,14-4+. The molecule has 0 amide bonds. The van der Waals surface area contributed by atoms with Gasteiger partial charge in [-0.05, 0) is 18.1 Å². The van der Waals surface area contributed by atoms with Crippen LogP contribution < -0.4 is 5.32 Å². The summed E-state index contributed by atoms with van der Waals surface area (Å²) < 4.78 is 0. The minimum absolute atomic E-state index is 0.261. The lowest BCUT2D eigenvalue weighted by Gasteiger charge is -2.14. The Kier molecular flexibility index (Phi) is 6.54. The van der Waals surface area contributed by atoms with Crippen molar-refractivity contribution in [1.82, 2.24) is 5.32 Å². The van der Waals surface area contributed by atoms with Gasteiger partial charge in [0.1, 0.15) is 0 Å². The highest BCUT2D eigenvalue weighted by Gasteiger charge is 2.03. The molecular formula is C15H20NP. The summed E-state index contributed by atoms with van der Waals surface area (Å²) in [5.41, 5.74) is 2.54. The molecule has 1 N–H and O–H groups in total. The van der Waals surface area contributed by atoms with Crippen LogP contribution in [-0.4, -0.2) is 5.78 Å². The maximum Gasteiger partial charge on any atom is 0.0463 e. The van der Waals surface area contributed by atoms with Crippen LogP contribution in [0.3, 0.4) is 0 Å². The van der Waals surface area contributed by atoms with Crippen molar-refractivity contribution in [1.29, 1.82) is 0 Å². The number of rotatable bonds is 6. The maximum atomic E-state index is 3.68. The Morgan fingerprint density at radius 2 is 2.12 bits per heavy atom. The van der Waals surface area contributed by atoms with Gasteiger partial charge in [-0.2, -0.15) is 0 Å². The van der Waals surface area contributed by atoms with Crippen LogP contribution in [0, 0.1) is 0 Å². The van der Waals surface area contributed by atoms with Gasteiger partial charge in [-0.3, -0.25) is 0 Å². The second-order valence-corrected chi connectivity index (χ2v) is 4.39. The summed E-state index contributed by atoms with van der Waals surface area (Å²) in [4.78, 5) is 0. The zero-order valence-electron chi connectivity index (χ0n) is 10.3.